The van der Waals surface area contributed by atoms with Crippen molar-refractivity contribution in [2.45, 2.75) is 16.0 Å². The van der Waals surface area contributed by atoms with Crippen molar-refractivity contribution in [2.24, 2.45) is 0 Å². The van der Waals surface area contributed by atoms with Gasteiger partial charge in [-0.25, -0.2) is 0 Å². The van der Waals surface area contributed by atoms with Gasteiger partial charge >= 0.3 is 6.18 Å². The molecule has 0 saturated heterocycles. The van der Waals surface area contributed by atoms with Crippen LogP contribution in [0.25, 0.3) is 22.8 Å². The smallest absolute Gasteiger partial charge is 0.334 e. The maximum atomic E-state index is 12.8. The number of aromatic nitrogens is 2. The first kappa shape index (κ1) is 20.3. The van der Waals surface area contributed by atoms with Gasteiger partial charge < -0.3 is 9.42 Å². The molecule has 1 amide bonds. The average molecular weight is 453 g/mol. The van der Waals surface area contributed by atoms with Crippen molar-refractivity contribution < 1.29 is 22.5 Å². The highest BCUT2D eigenvalue weighted by atomic mass is 32.2. The minimum absolute atomic E-state index is 0.0937. The molecule has 0 N–H and O–H groups in total. The Morgan fingerprint density at radius 2 is 1.66 bits per heavy atom. The quantitative estimate of drug-likeness (QED) is 0.364. The molecule has 0 spiro atoms. The van der Waals surface area contributed by atoms with Crippen molar-refractivity contribution in [3.8, 4) is 22.8 Å². The van der Waals surface area contributed by atoms with Gasteiger partial charge in [0.2, 0.25) is 5.82 Å². The van der Waals surface area contributed by atoms with Crippen molar-refractivity contribution in [1.82, 2.24) is 10.1 Å². The minimum atomic E-state index is -4.41. The molecule has 0 bridgehead atoms. The second kappa shape index (κ2) is 7.52. The molecule has 0 radical (unpaired) electrons. The molecule has 2 heterocycles. The van der Waals surface area contributed by atoms with Crippen molar-refractivity contribution in [3.05, 3.63) is 77.9 Å². The molecular formula is C23H14F3N3O2S. The molecule has 5 nitrogen and oxygen atoms in total. The molecule has 32 heavy (non-hydrogen) atoms. The highest BCUT2D eigenvalue weighted by Gasteiger charge is 2.30. The van der Waals surface area contributed by atoms with Crippen LogP contribution < -0.4 is 4.90 Å². The van der Waals surface area contributed by atoms with E-state index in [2.05, 4.69) is 10.1 Å². The summed E-state index contributed by atoms with van der Waals surface area (Å²) in [4.78, 5) is 20.4. The van der Waals surface area contributed by atoms with E-state index in [1.54, 1.807) is 24.1 Å². The van der Waals surface area contributed by atoms with Gasteiger partial charge in [-0.1, -0.05) is 29.1 Å². The summed E-state index contributed by atoms with van der Waals surface area (Å²) in [6.07, 6.45) is -4.41. The van der Waals surface area contributed by atoms with E-state index >= 15 is 0 Å². The van der Waals surface area contributed by atoms with Gasteiger partial charge in [-0.2, -0.15) is 18.2 Å². The van der Waals surface area contributed by atoms with Gasteiger partial charge in [0.05, 0.1) is 16.8 Å². The predicted molar refractivity (Wildman–Crippen MR) is 113 cm³/mol. The predicted octanol–water partition coefficient (Wildman–Crippen LogP) is 6.16. The number of hydrogen-bond donors (Lipinski definition) is 0. The Morgan fingerprint density at radius 1 is 0.938 bits per heavy atom. The number of alkyl halides is 3. The van der Waals surface area contributed by atoms with Crippen molar-refractivity contribution in [3.63, 3.8) is 0 Å². The van der Waals surface area contributed by atoms with Crippen molar-refractivity contribution in [1.29, 1.82) is 0 Å². The van der Waals surface area contributed by atoms with Crippen LogP contribution in [0.15, 0.2) is 81.0 Å². The van der Waals surface area contributed by atoms with Gasteiger partial charge in [0.15, 0.2) is 0 Å². The molecule has 4 aromatic rings. The second-order valence-corrected chi connectivity index (χ2v) is 8.23. The number of amides is 1. The lowest BCUT2D eigenvalue weighted by molar-refractivity contribution is -0.137. The Labute approximate surface area is 184 Å². The molecule has 1 aliphatic rings. The fourth-order valence-corrected chi connectivity index (χ4v) is 4.56. The van der Waals surface area contributed by atoms with Crippen LogP contribution in [0.2, 0.25) is 0 Å². The molecule has 1 aromatic heterocycles. The monoisotopic (exact) mass is 453 g/mol. The Bertz CT molecular complexity index is 1330. The zero-order valence-corrected chi connectivity index (χ0v) is 17.4. The summed E-state index contributed by atoms with van der Waals surface area (Å²) in [5.41, 5.74) is 1.69. The molecule has 3 aromatic carbocycles. The first-order valence-electron chi connectivity index (χ1n) is 9.52. The van der Waals surface area contributed by atoms with Crippen LogP contribution in [-0.4, -0.2) is 23.1 Å². The summed E-state index contributed by atoms with van der Waals surface area (Å²) in [6, 6.07) is 17.4. The average Bonchev–Trinajstić information content (AvgIpc) is 3.25. The van der Waals surface area contributed by atoms with Crippen molar-refractivity contribution >= 4 is 23.4 Å². The highest BCUT2D eigenvalue weighted by Crippen LogP contribution is 2.42. The molecule has 0 saturated carbocycles. The molecular weight excluding hydrogens is 439 g/mol. The van der Waals surface area contributed by atoms with Gasteiger partial charge in [-0.3, -0.25) is 4.79 Å². The molecule has 9 heteroatoms. The fourth-order valence-electron chi connectivity index (χ4n) is 3.41. The van der Waals surface area contributed by atoms with E-state index in [-0.39, 0.29) is 11.8 Å². The third kappa shape index (κ3) is 3.54. The lowest BCUT2D eigenvalue weighted by Crippen LogP contribution is -2.25. The second-order valence-electron chi connectivity index (χ2n) is 7.14. The van der Waals surface area contributed by atoms with E-state index in [0.29, 0.717) is 22.5 Å². The minimum Gasteiger partial charge on any atom is -0.334 e. The lowest BCUT2D eigenvalue weighted by Gasteiger charge is -2.17. The van der Waals surface area contributed by atoms with E-state index < -0.39 is 11.7 Å². The molecule has 0 unspecified atom stereocenters. The largest absolute Gasteiger partial charge is 0.416 e. The molecule has 0 aliphatic carbocycles. The Kier molecular flexibility index (Phi) is 4.78. The van der Waals surface area contributed by atoms with Gasteiger partial charge in [-0.15, -0.1) is 0 Å². The van der Waals surface area contributed by atoms with E-state index in [4.69, 9.17) is 4.52 Å². The first-order valence-corrected chi connectivity index (χ1v) is 10.3. The zero-order valence-electron chi connectivity index (χ0n) is 16.6. The van der Waals surface area contributed by atoms with Crippen LogP contribution in [0.3, 0.4) is 0 Å². The van der Waals surface area contributed by atoms with Crippen LogP contribution >= 0.6 is 11.8 Å². The number of hydrogen-bond acceptors (Lipinski definition) is 5. The number of anilines is 1. The molecule has 1 aliphatic heterocycles. The summed E-state index contributed by atoms with van der Waals surface area (Å²) in [5.74, 6) is 0.326. The third-order valence-electron chi connectivity index (χ3n) is 5.11. The lowest BCUT2D eigenvalue weighted by atomic mass is 10.1. The highest BCUT2D eigenvalue weighted by molar-refractivity contribution is 7.99. The normalized spacial score (nSPS) is 13.5. The maximum absolute atomic E-state index is 12.8. The number of carbonyl (C=O) groups is 1. The van der Waals surface area contributed by atoms with Crippen LogP contribution in [0.1, 0.15) is 15.9 Å². The molecule has 5 rings (SSSR count). The van der Waals surface area contributed by atoms with E-state index in [0.717, 1.165) is 27.6 Å². The number of halogens is 3. The Balaban J connectivity index is 1.49. The summed E-state index contributed by atoms with van der Waals surface area (Å²) < 4.78 is 43.6. The number of rotatable bonds is 2. The first-order chi connectivity index (χ1) is 15.3. The number of nitrogens with zero attached hydrogens (tertiary/aromatic N) is 3. The Morgan fingerprint density at radius 3 is 2.41 bits per heavy atom. The number of benzene rings is 3. The van der Waals surface area contributed by atoms with Crippen LogP contribution in [0.4, 0.5) is 18.9 Å². The van der Waals surface area contributed by atoms with E-state index in [9.17, 15) is 18.0 Å². The summed E-state index contributed by atoms with van der Waals surface area (Å²) in [7, 11) is 1.72. The van der Waals surface area contributed by atoms with Gasteiger partial charge in [0, 0.05) is 28.0 Å². The SMILES string of the molecule is CN1C(=O)c2ccccc2Sc2cc(-c3noc(-c4ccc(C(F)(F)F)cc4)n3)ccc21. The van der Waals surface area contributed by atoms with Crippen molar-refractivity contribution in [2.75, 3.05) is 11.9 Å². The molecule has 160 valence electrons. The van der Waals surface area contributed by atoms with Gasteiger partial charge in [-0.05, 0) is 54.6 Å². The summed E-state index contributed by atoms with van der Waals surface area (Å²) in [5, 5.41) is 3.99. The fraction of sp³-hybridized carbons (Fsp3) is 0.0870. The topological polar surface area (TPSA) is 59.2 Å². The number of carbonyl (C=O) groups excluding carboxylic acids is 1. The maximum Gasteiger partial charge on any atom is 0.416 e. The summed E-state index contributed by atoms with van der Waals surface area (Å²) >= 11 is 1.47. The van der Waals surface area contributed by atoms with Gasteiger partial charge in [0.1, 0.15) is 0 Å². The van der Waals surface area contributed by atoms with Crippen LogP contribution in [0.5, 0.6) is 0 Å². The van der Waals surface area contributed by atoms with Crippen LogP contribution in [-0.2, 0) is 6.18 Å². The molecule has 0 fully saturated rings. The van der Waals surface area contributed by atoms with E-state index in [1.165, 1.54) is 23.9 Å². The van der Waals surface area contributed by atoms with Crippen LogP contribution in [0, 0.1) is 0 Å². The Hall–Kier alpha value is -3.59. The summed E-state index contributed by atoms with van der Waals surface area (Å²) in [6.45, 7) is 0. The van der Waals surface area contributed by atoms with E-state index in [1.807, 2.05) is 30.3 Å². The third-order valence-corrected chi connectivity index (χ3v) is 6.23. The zero-order chi connectivity index (χ0) is 22.5. The van der Waals surface area contributed by atoms with Gasteiger partial charge in [0.25, 0.3) is 11.8 Å². The molecule has 0 atom stereocenters. The number of fused-ring (bicyclic) bond motifs is 2. The standard InChI is InChI=1S/C23H14F3N3O2S/c1-29-17-11-8-14(12-19(17)32-18-5-3-2-4-16(18)22(29)30)20-27-21(31-28-20)13-6-9-15(10-7-13)23(24,25)26/h2-12H,1H3.